The molecule has 1 aromatic rings. The lowest BCUT2D eigenvalue weighted by Crippen LogP contribution is -2.54. The molecule has 4 rings (SSSR count). The Bertz CT molecular complexity index is 846. The number of benzene rings is 1. The van der Waals surface area contributed by atoms with Crippen LogP contribution in [0.4, 0.5) is 0 Å². The molecule has 0 radical (unpaired) electrons. The Morgan fingerprint density at radius 3 is 2.45 bits per heavy atom. The van der Waals surface area contributed by atoms with Gasteiger partial charge in [-0.25, -0.2) is 4.99 Å². The fraction of sp³-hybridized carbons (Fsp3) is 0.609. The van der Waals surface area contributed by atoms with E-state index >= 15 is 0 Å². The van der Waals surface area contributed by atoms with Crippen LogP contribution in [0.3, 0.4) is 0 Å². The topological polar surface area (TPSA) is 89.2 Å². The van der Waals surface area contributed by atoms with E-state index in [-0.39, 0.29) is 5.88 Å². The van der Waals surface area contributed by atoms with Crippen molar-refractivity contribution in [2.24, 2.45) is 4.99 Å². The van der Waals surface area contributed by atoms with Crippen LogP contribution >= 0.6 is 11.8 Å². The average molecular weight is 477 g/mol. The van der Waals surface area contributed by atoms with Crippen molar-refractivity contribution in [3.8, 4) is 0 Å². The summed E-state index contributed by atoms with van der Waals surface area (Å²) in [5.74, 6) is 1.68. The van der Waals surface area contributed by atoms with Crippen molar-refractivity contribution < 1.29 is 15.3 Å². The van der Waals surface area contributed by atoms with Gasteiger partial charge in [0, 0.05) is 58.3 Å². The summed E-state index contributed by atoms with van der Waals surface area (Å²) in [7, 11) is 3.37. The van der Waals surface area contributed by atoms with Gasteiger partial charge in [0.15, 0.2) is 5.84 Å². The maximum Gasteiger partial charge on any atom is 0.218 e. The predicted octanol–water partition coefficient (Wildman–Crippen LogP) is 0.699. The average Bonchev–Trinajstić information content (AvgIpc) is 3.24. The number of aliphatic hydroxyl groups excluding tert-OH is 3. The normalized spacial score (nSPS) is 23.2. The molecule has 3 aliphatic rings. The Morgan fingerprint density at radius 1 is 1.03 bits per heavy atom. The zero-order chi connectivity index (χ0) is 23.4. The fourth-order valence-electron chi connectivity index (χ4n) is 4.55. The molecule has 0 aromatic heterocycles. The van der Waals surface area contributed by atoms with Gasteiger partial charge in [-0.3, -0.25) is 4.90 Å². The SMILES string of the molecule is CN1C2=NCN(CC(O)CN3CCN(CCCSc4ccccc4)CC3)C2=C(O)N(C)C1O. The quantitative estimate of drug-likeness (QED) is 0.352. The molecule has 0 saturated carbocycles. The van der Waals surface area contributed by atoms with Gasteiger partial charge in [0.1, 0.15) is 12.4 Å². The Hall–Kier alpha value is -1.98. The highest BCUT2D eigenvalue weighted by Crippen LogP contribution is 2.27. The molecule has 3 aliphatic heterocycles. The van der Waals surface area contributed by atoms with Crippen LogP contribution in [0.15, 0.2) is 51.8 Å². The standard InChI is InChI=1S/C23H36N6O3S/c1-25-21-20(22(31)26(2)23(25)32)29(17-24-21)16-18(30)15-28-12-10-27(11-13-28)9-6-14-33-19-7-4-3-5-8-19/h3-5,7-8,18,23,30-32H,6,9-17H2,1-2H3. The first-order valence-electron chi connectivity index (χ1n) is 11.6. The van der Waals surface area contributed by atoms with E-state index in [4.69, 9.17) is 0 Å². The molecule has 2 unspecified atom stereocenters. The number of piperazine rings is 1. The van der Waals surface area contributed by atoms with Crippen molar-refractivity contribution in [3.63, 3.8) is 0 Å². The van der Waals surface area contributed by atoms with Crippen LogP contribution in [0.1, 0.15) is 6.42 Å². The third kappa shape index (κ3) is 5.75. The molecule has 0 bridgehead atoms. The second-order valence-corrected chi connectivity index (χ2v) is 10.1. The van der Waals surface area contributed by atoms with E-state index in [2.05, 4.69) is 45.1 Å². The first-order chi connectivity index (χ1) is 15.9. The number of aliphatic hydroxyl groups is 3. The maximum absolute atomic E-state index is 10.7. The molecule has 1 fully saturated rings. The molecule has 3 heterocycles. The Labute approximate surface area is 200 Å². The minimum atomic E-state index is -0.953. The van der Waals surface area contributed by atoms with Crippen molar-refractivity contribution in [1.82, 2.24) is 24.5 Å². The lowest BCUT2D eigenvalue weighted by atomic mass is 10.2. The van der Waals surface area contributed by atoms with Crippen LogP contribution in [0.5, 0.6) is 0 Å². The Morgan fingerprint density at radius 2 is 1.73 bits per heavy atom. The Balaban J connectivity index is 1.17. The number of thioether (sulfide) groups is 1. The van der Waals surface area contributed by atoms with Crippen molar-refractivity contribution in [2.75, 3.05) is 72.3 Å². The summed E-state index contributed by atoms with van der Waals surface area (Å²) >= 11 is 1.92. The van der Waals surface area contributed by atoms with Crippen LogP contribution < -0.4 is 0 Å². The van der Waals surface area contributed by atoms with E-state index in [1.54, 1.807) is 19.0 Å². The zero-order valence-corrected chi connectivity index (χ0v) is 20.4. The number of likely N-dealkylation sites (N-methyl/N-ethyl adjacent to an activating group) is 1. The first-order valence-corrected chi connectivity index (χ1v) is 12.6. The van der Waals surface area contributed by atoms with E-state index in [1.165, 1.54) is 16.2 Å². The molecular weight excluding hydrogens is 440 g/mol. The number of amidine groups is 1. The number of rotatable bonds is 9. The van der Waals surface area contributed by atoms with Crippen molar-refractivity contribution >= 4 is 17.6 Å². The molecule has 0 amide bonds. The molecule has 10 heteroatoms. The molecule has 0 aliphatic carbocycles. The zero-order valence-electron chi connectivity index (χ0n) is 19.5. The van der Waals surface area contributed by atoms with Gasteiger partial charge in [-0.2, -0.15) is 0 Å². The van der Waals surface area contributed by atoms with E-state index in [1.807, 2.05) is 16.7 Å². The third-order valence-corrected chi connectivity index (χ3v) is 7.59. The minimum absolute atomic E-state index is 0.0110. The van der Waals surface area contributed by atoms with E-state index < -0.39 is 12.5 Å². The molecule has 3 N–H and O–H groups in total. The van der Waals surface area contributed by atoms with Gasteiger partial charge in [0.25, 0.3) is 0 Å². The minimum Gasteiger partial charge on any atom is -0.493 e. The molecule has 0 spiro atoms. The molecule has 182 valence electrons. The van der Waals surface area contributed by atoms with Crippen LogP contribution in [-0.2, 0) is 0 Å². The van der Waals surface area contributed by atoms with Gasteiger partial charge >= 0.3 is 0 Å². The number of fused-ring (bicyclic) bond motifs is 1. The van der Waals surface area contributed by atoms with E-state index in [9.17, 15) is 15.3 Å². The molecule has 9 nitrogen and oxygen atoms in total. The fourth-order valence-corrected chi connectivity index (χ4v) is 5.41. The number of nitrogens with zero attached hydrogens (tertiary/aromatic N) is 6. The highest BCUT2D eigenvalue weighted by atomic mass is 32.2. The summed E-state index contributed by atoms with van der Waals surface area (Å²) < 4.78 is 0. The lowest BCUT2D eigenvalue weighted by molar-refractivity contribution is -0.0689. The lowest BCUT2D eigenvalue weighted by Gasteiger charge is -2.40. The van der Waals surface area contributed by atoms with Gasteiger partial charge in [0.2, 0.25) is 12.2 Å². The largest absolute Gasteiger partial charge is 0.493 e. The van der Waals surface area contributed by atoms with Gasteiger partial charge in [-0.05, 0) is 30.9 Å². The monoisotopic (exact) mass is 476 g/mol. The maximum atomic E-state index is 10.7. The molecule has 1 saturated heterocycles. The smallest absolute Gasteiger partial charge is 0.218 e. The van der Waals surface area contributed by atoms with Crippen molar-refractivity contribution in [3.05, 3.63) is 41.9 Å². The van der Waals surface area contributed by atoms with Crippen molar-refractivity contribution in [1.29, 1.82) is 0 Å². The van der Waals surface area contributed by atoms with Gasteiger partial charge < -0.3 is 34.9 Å². The van der Waals surface area contributed by atoms with Gasteiger partial charge in [0.05, 0.1) is 6.10 Å². The summed E-state index contributed by atoms with van der Waals surface area (Å²) in [5.41, 5.74) is 0.572. The summed E-state index contributed by atoms with van der Waals surface area (Å²) in [4.78, 5) is 15.5. The van der Waals surface area contributed by atoms with Crippen LogP contribution in [0.25, 0.3) is 0 Å². The summed E-state index contributed by atoms with van der Waals surface area (Å²) in [6.45, 7) is 6.44. The van der Waals surface area contributed by atoms with E-state index in [0.717, 1.165) is 38.5 Å². The predicted molar refractivity (Wildman–Crippen MR) is 131 cm³/mol. The number of aliphatic imine (C=N–C) groups is 1. The second kappa shape index (κ2) is 11.0. The molecule has 1 aromatic carbocycles. The highest BCUT2D eigenvalue weighted by molar-refractivity contribution is 7.99. The highest BCUT2D eigenvalue weighted by Gasteiger charge is 2.39. The number of hydrogen-bond donors (Lipinski definition) is 3. The third-order valence-electron chi connectivity index (χ3n) is 6.49. The van der Waals surface area contributed by atoms with Gasteiger partial charge in [-0.15, -0.1) is 11.8 Å². The number of β-amino-alcohol motifs (C(OH)–C–C–N with tert-alkyl or cyclic N) is 1. The second-order valence-electron chi connectivity index (χ2n) is 8.90. The molecule has 33 heavy (non-hydrogen) atoms. The number of hydrogen-bond acceptors (Lipinski definition) is 10. The van der Waals surface area contributed by atoms with Crippen LogP contribution in [-0.4, -0.2) is 130 Å². The molecule has 2 atom stereocenters. The summed E-state index contributed by atoms with van der Waals surface area (Å²) in [6.07, 6.45) is -0.322. The summed E-state index contributed by atoms with van der Waals surface area (Å²) in [5, 5.41) is 31.4. The Kier molecular flexibility index (Phi) is 8.02. The summed E-state index contributed by atoms with van der Waals surface area (Å²) in [6, 6.07) is 10.5. The van der Waals surface area contributed by atoms with Gasteiger partial charge in [-0.1, -0.05) is 18.2 Å². The van der Waals surface area contributed by atoms with E-state index in [0.29, 0.717) is 31.3 Å². The first kappa shape index (κ1) is 24.2. The van der Waals surface area contributed by atoms with Crippen molar-refractivity contribution in [2.45, 2.75) is 23.8 Å². The molecular formula is C23H36N6O3S. The van der Waals surface area contributed by atoms with Crippen LogP contribution in [0.2, 0.25) is 0 Å². The van der Waals surface area contributed by atoms with Crippen LogP contribution in [0, 0.1) is 0 Å².